The van der Waals surface area contributed by atoms with Gasteiger partial charge in [-0.3, -0.25) is 14.3 Å². The van der Waals surface area contributed by atoms with Gasteiger partial charge in [0.25, 0.3) is 11.8 Å². The van der Waals surface area contributed by atoms with E-state index in [4.69, 9.17) is 4.42 Å². The molecular weight excluding hydrogens is 296 g/mol. The van der Waals surface area contributed by atoms with Crippen LogP contribution < -0.4 is 5.32 Å². The van der Waals surface area contributed by atoms with Crippen LogP contribution in [-0.4, -0.2) is 39.6 Å². The van der Waals surface area contributed by atoms with Crippen LogP contribution in [0.15, 0.2) is 28.9 Å². The predicted molar refractivity (Wildman–Crippen MR) is 84.2 cm³/mol. The average molecular weight is 316 g/mol. The smallest absolute Gasteiger partial charge is 0.292 e. The molecule has 1 aliphatic rings. The number of nitrogens with zero attached hydrogens (tertiary/aromatic N) is 3. The van der Waals surface area contributed by atoms with Crippen molar-refractivity contribution in [2.45, 2.75) is 19.8 Å². The topological polar surface area (TPSA) is 80.4 Å². The Labute approximate surface area is 134 Å². The van der Waals surface area contributed by atoms with Crippen molar-refractivity contribution in [3.05, 3.63) is 35.9 Å². The van der Waals surface area contributed by atoms with Crippen LogP contribution in [0.4, 0.5) is 5.82 Å². The molecule has 1 N–H and O–H groups in total. The first-order chi connectivity index (χ1) is 11.0. The molecular formula is C16H20N4O3. The van der Waals surface area contributed by atoms with Gasteiger partial charge in [-0.25, -0.2) is 0 Å². The summed E-state index contributed by atoms with van der Waals surface area (Å²) in [6, 6.07) is 4.82. The van der Waals surface area contributed by atoms with E-state index in [1.165, 1.54) is 10.9 Å². The summed E-state index contributed by atoms with van der Waals surface area (Å²) in [6.45, 7) is 3.66. The molecule has 2 amide bonds. The number of nitrogens with one attached hydrogen (secondary N) is 1. The highest BCUT2D eigenvalue weighted by atomic mass is 16.3. The Morgan fingerprint density at radius 1 is 1.43 bits per heavy atom. The number of piperidine rings is 1. The van der Waals surface area contributed by atoms with E-state index < -0.39 is 0 Å². The average Bonchev–Trinajstić information content (AvgIpc) is 3.17. The molecule has 0 aromatic carbocycles. The third-order valence-corrected chi connectivity index (χ3v) is 4.03. The highest BCUT2D eigenvalue weighted by molar-refractivity contribution is 6.02. The summed E-state index contributed by atoms with van der Waals surface area (Å²) < 4.78 is 6.54. The molecule has 1 fully saturated rings. The number of amides is 2. The highest BCUT2D eigenvalue weighted by Crippen LogP contribution is 2.19. The summed E-state index contributed by atoms with van der Waals surface area (Å²) >= 11 is 0. The van der Waals surface area contributed by atoms with Gasteiger partial charge in [0.2, 0.25) is 0 Å². The molecule has 0 bridgehead atoms. The molecule has 1 saturated heterocycles. The van der Waals surface area contributed by atoms with Crippen LogP contribution in [0.5, 0.6) is 0 Å². The van der Waals surface area contributed by atoms with Gasteiger partial charge in [0.15, 0.2) is 11.5 Å². The molecule has 0 radical (unpaired) electrons. The third kappa shape index (κ3) is 3.28. The largest absolute Gasteiger partial charge is 0.459 e. The Hall–Kier alpha value is -2.57. The molecule has 122 valence electrons. The highest BCUT2D eigenvalue weighted by Gasteiger charge is 2.25. The Balaban J connectivity index is 1.72. The summed E-state index contributed by atoms with van der Waals surface area (Å²) in [4.78, 5) is 26.4. The zero-order valence-corrected chi connectivity index (χ0v) is 13.3. The fourth-order valence-electron chi connectivity index (χ4n) is 2.81. The molecule has 2 aromatic rings. The number of aromatic nitrogens is 2. The standard InChI is InChI=1S/C16H20N4O3/c1-11-5-3-7-20(10-11)16(22)12-9-14(19(2)18-12)17-15(21)13-6-4-8-23-13/h4,6,8-9,11H,3,5,7,10H2,1-2H3,(H,17,21)/t11-/m0/s1. The van der Waals surface area contributed by atoms with Gasteiger partial charge in [-0.2, -0.15) is 5.10 Å². The molecule has 0 aliphatic carbocycles. The quantitative estimate of drug-likeness (QED) is 0.940. The lowest BCUT2D eigenvalue weighted by molar-refractivity contribution is 0.0676. The van der Waals surface area contributed by atoms with Crippen molar-refractivity contribution in [2.24, 2.45) is 13.0 Å². The van der Waals surface area contributed by atoms with E-state index in [-0.39, 0.29) is 17.6 Å². The second-order valence-electron chi connectivity index (χ2n) is 5.97. The minimum atomic E-state index is -0.372. The van der Waals surface area contributed by atoms with Gasteiger partial charge in [0, 0.05) is 26.2 Å². The van der Waals surface area contributed by atoms with Gasteiger partial charge in [0.1, 0.15) is 5.82 Å². The van der Waals surface area contributed by atoms with Crippen LogP contribution in [0.25, 0.3) is 0 Å². The van der Waals surface area contributed by atoms with Crippen molar-refractivity contribution in [2.75, 3.05) is 18.4 Å². The van der Waals surface area contributed by atoms with Gasteiger partial charge >= 0.3 is 0 Å². The Kier molecular flexibility index (Phi) is 4.18. The minimum Gasteiger partial charge on any atom is -0.459 e. The summed E-state index contributed by atoms with van der Waals surface area (Å²) in [5.41, 5.74) is 0.344. The molecule has 3 heterocycles. The second-order valence-corrected chi connectivity index (χ2v) is 5.97. The lowest BCUT2D eigenvalue weighted by Gasteiger charge is -2.30. The van der Waals surface area contributed by atoms with Gasteiger partial charge in [-0.05, 0) is 30.9 Å². The molecule has 7 nitrogen and oxygen atoms in total. The number of furan rings is 1. The zero-order chi connectivity index (χ0) is 16.4. The van der Waals surface area contributed by atoms with E-state index in [9.17, 15) is 9.59 Å². The lowest BCUT2D eigenvalue weighted by Crippen LogP contribution is -2.39. The Morgan fingerprint density at radius 2 is 2.26 bits per heavy atom. The lowest BCUT2D eigenvalue weighted by atomic mass is 10.00. The van der Waals surface area contributed by atoms with Crippen LogP contribution in [0.3, 0.4) is 0 Å². The van der Waals surface area contributed by atoms with E-state index in [1.54, 1.807) is 25.2 Å². The van der Waals surface area contributed by atoms with Gasteiger partial charge in [-0.1, -0.05) is 6.92 Å². The second kappa shape index (κ2) is 6.28. The van der Waals surface area contributed by atoms with Gasteiger partial charge < -0.3 is 14.6 Å². The molecule has 7 heteroatoms. The number of hydrogen-bond acceptors (Lipinski definition) is 4. The molecule has 23 heavy (non-hydrogen) atoms. The van der Waals surface area contributed by atoms with Gasteiger partial charge in [-0.15, -0.1) is 0 Å². The molecule has 1 atom stereocenters. The predicted octanol–water partition coefficient (Wildman–Crippen LogP) is 2.14. The van der Waals surface area contributed by atoms with Crippen LogP contribution in [0, 0.1) is 5.92 Å². The summed E-state index contributed by atoms with van der Waals surface area (Å²) in [5, 5.41) is 6.92. The number of rotatable bonds is 3. The monoisotopic (exact) mass is 316 g/mol. The minimum absolute atomic E-state index is 0.0920. The summed E-state index contributed by atoms with van der Waals surface area (Å²) in [5.74, 6) is 0.715. The van der Waals surface area contributed by atoms with E-state index in [0.29, 0.717) is 17.4 Å². The summed E-state index contributed by atoms with van der Waals surface area (Å²) in [6.07, 6.45) is 3.60. The van der Waals surface area contributed by atoms with E-state index in [1.807, 2.05) is 4.90 Å². The number of likely N-dealkylation sites (tertiary alicyclic amines) is 1. The van der Waals surface area contributed by atoms with Crippen LogP contribution in [0.1, 0.15) is 40.8 Å². The van der Waals surface area contributed by atoms with Crippen molar-refractivity contribution in [1.29, 1.82) is 0 Å². The number of anilines is 1. The molecule has 0 saturated carbocycles. The third-order valence-electron chi connectivity index (χ3n) is 4.03. The van der Waals surface area contributed by atoms with Crippen LogP contribution >= 0.6 is 0 Å². The van der Waals surface area contributed by atoms with Crippen LogP contribution in [0.2, 0.25) is 0 Å². The summed E-state index contributed by atoms with van der Waals surface area (Å²) in [7, 11) is 1.69. The zero-order valence-electron chi connectivity index (χ0n) is 13.3. The van der Waals surface area contributed by atoms with Crippen LogP contribution in [-0.2, 0) is 7.05 Å². The first-order valence-corrected chi connectivity index (χ1v) is 7.73. The Morgan fingerprint density at radius 3 is 2.96 bits per heavy atom. The first-order valence-electron chi connectivity index (χ1n) is 7.73. The number of hydrogen-bond donors (Lipinski definition) is 1. The van der Waals surface area contributed by atoms with Crippen molar-refractivity contribution < 1.29 is 14.0 Å². The van der Waals surface area contributed by atoms with Crippen molar-refractivity contribution in [3.8, 4) is 0 Å². The number of aryl methyl sites for hydroxylation is 1. The van der Waals surface area contributed by atoms with Crippen molar-refractivity contribution in [3.63, 3.8) is 0 Å². The normalized spacial score (nSPS) is 18.0. The maximum Gasteiger partial charge on any atom is 0.292 e. The number of carbonyl (C=O) groups excluding carboxylic acids is 2. The Bertz CT molecular complexity index is 705. The molecule has 0 spiro atoms. The van der Waals surface area contributed by atoms with Gasteiger partial charge in [0.05, 0.1) is 6.26 Å². The first kappa shape index (κ1) is 15.3. The molecule has 3 rings (SSSR count). The molecule has 0 unspecified atom stereocenters. The van der Waals surface area contributed by atoms with E-state index in [2.05, 4.69) is 17.3 Å². The fourth-order valence-corrected chi connectivity index (χ4v) is 2.81. The fraction of sp³-hybridized carbons (Fsp3) is 0.438. The van der Waals surface area contributed by atoms with E-state index >= 15 is 0 Å². The maximum atomic E-state index is 12.5. The van der Waals surface area contributed by atoms with E-state index in [0.717, 1.165) is 25.9 Å². The number of carbonyl (C=O) groups is 2. The maximum absolute atomic E-state index is 12.5. The SMILES string of the molecule is C[C@H]1CCCN(C(=O)c2cc(NC(=O)c3ccco3)n(C)n2)C1. The van der Waals surface area contributed by atoms with Crippen molar-refractivity contribution >= 4 is 17.6 Å². The van der Waals surface area contributed by atoms with Crippen molar-refractivity contribution in [1.82, 2.24) is 14.7 Å². The molecule has 1 aliphatic heterocycles. The molecule has 2 aromatic heterocycles.